The van der Waals surface area contributed by atoms with Crippen molar-refractivity contribution in [3.63, 3.8) is 0 Å². The number of methoxy groups -OCH3 is 1. The Kier molecular flexibility index (Phi) is 8.67. The molecule has 28 heavy (non-hydrogen) atoms. The van der Waals surface area contributed by atoms with Gasteiger partial charge in [-0.15, -0.1) is 0 Å². The van der Waals surface area contributed by atoms with E-state index in [1.807, 2.05) is 0 Å². The van der Waals surface area contributed by atoms with Crippen molar-refractivity contribution in [2.45, 2.75) is 32.1 Å². The van der Waals surface area contributed by atoms with Crippen molar-refractivity contribution in [3.05, 3.63) is 33.9 Å². The Hall–Kier alpha value is -2.68. The minimum absolute atomic E-state index is 0.00498. The summed E-state index contributed by atoms with van der Waals surface area (Å²) in [4.78, 5) is 34.8. The molecular weight excluding hydrogens is 366 g/mol. The monoisotopic (exact) mass is 393 g/mol. The highest BCUT2D eigenvalue weighted by molar-refractivity contribution is 5.97. The number of rotatable bonds is 10. The van der Waals surface area contributed by atoms with Gasteiger partial charge in [0.25, 0.3) is 11.6 Å². The van der Waals surface area contributed by atoms with Gasteiger partial charge in [-0.2, -0.15) is 0 Å². The highest BCUT2D eigenvalue weighted by Gasteiger charge is 2.20. The molecule has 154 valence electrons. The van der Waals surface area contributed by atoms with E-state index in [4.69, 9.17) is 9.47 Å². The number of hydrogen-bond acceptors (Lipinski definition) is 7. The van der Waals surface area contributed by atoms with E-state index >= 15 is 0 Å². The average Bonchev–Trinajstić information content (AvgIpc) is 2.71. The topological polar surface area (TPSA) is 120 Å². The number of nitro groups is 1. The van der Waals surface area contributed by atoms with Gasteiger partial charge in [0.2, 0.25) is 0 Å². The average molecular weight is 393 g/mol. The van der Waals surface area contributed by atoms with E-state index in [0.717, 1.165) is 18.9 Å². The molecule has 1 aliphatic rings. The number of amides is 1. The van der Waals surface area contributed by atoms with E-state index in [-0.39, 0.29) is 17.2 Å². The molecule has 1 aliphatic carbocycles. The van der Waals surface area contributed by atoms with Gasteiger partial charge < -0.3 is 20.1 Å². The van der Waals surface area contributed by atoms with E-state index in [1.54, 1.807) is 7.11 Å². The molecule has 9 heteroatoms. The molecule has 0 aliphatic heterocycles. The molecule has 1 fully saturated rings. The number of non-ortho nitro benzene ring substituents is 1. The Labute approximate surface area is 163 Å². The lowest BCUT2D eigenvalue weighted by Crippen LogP contribution is -2.33. The van der Waals surface area contributed by atoms with Crippen LogP contribution in [0.3, 0.4) is 0 Å². The van der Waals surface area contributed by atoms with Gasteiger partial charge in [0, 0.05) is 38.0 Å². The molecule has 1 aromatic carbocycles. The van der Waals surface area contributed by atoms with Crippen LogP contribution in [0.15, 0.2) is 18.2 Å². The summed E-state index contributed by atoms with van der Waals surface area (Å²) in [5, 5.41) is 16.8. The third-order valence-electron chi connectivity index (χ3n) is 4.70. The van der Waals surface area contributed by atoms with Crippen LogP contribution in [0.2, 0.25) is 0 Å². The first-order valence-electron chi connectivity index (χ1n) is 9.46. The lowest BCUT2D eigenvalue weighted by molar-refractivity contribution is -0.384. The molecule has 0 saturated heterocycles. The lowest BCUT2D eigenvalue weighted by Gasteiger charge is -2.21. The number of esters is 1. The van der Waals surface area contributed by atoms with Gasteiger partial charge in [0.1, 0.15) is 0 Å². The van der Waals surface area contributed by atoms with E-state index in [1.165, 1.54) is 31.4 Å². The fraction of sp³-hybridized carbons (Fsp3) is 0.579. The van der Waals surface area contributed by atoms with Gasteiger partial charge in [-0.1, -0.05) is 19.3 Å². The summed E-state index contributed by atoms with van der Waals surface area (Å²) in [5.41, 5.74) is 0.159. The molecule has 1 saturated carbocycles. The SMILES string of the molecule is COCCNc1ccc([N+](=O)[O-])cc1C(=O)OCC(=O)NCC1CCCCC1. The lowest BCUT2D eigenvalue weighted by atomic mass is 9.89. The van der Waals surface area contributed by atoms with Crippen molar-refractivity contribution in [1.82, 2.24) is 5.32 Å². The molecule has 0 unspecified atom stereocenters. The normalized spacial score (nSPS) is 14.3. The van der Waals surface area contributed by atoms with Gasteiger partial charge in [-0.25, -0.2) is 4.79 Å². The van der Waals surface area contributed by atoms with Gasteiger partial charge in [0.05, 0.1) is 17.1 Å². The summed E-state index contributed by atoms with van der Waals surface area (Å²) in [6.45, 7) is 0.967. The number of hydrogen-bond donors (Lipinski definition) is 2. The van der Waals surface area contributed by atoms with Gasteiger partial charge in [-0.3, -0.25) is 14.9 Å². The molecule has 9 nitrogen and oxygen atoms in total. The van der Waals surface area contributed by atoms with Crippen LogP contribution >= 0.6 is 0 Å². The van der Waals surface area contributed by atoms with E-state index in [9.17, 15) is 19.7 Å². The van der Waals surface area contributed by atoms with E-state index in [2.05, 4.69) is 10.6 Å². The fourth-order valence-corrected chi connectivity index (χ4v) is 3.17. The summed E-state index contributed by atoms with van der Waals surface area (Å²) in [7, 11) is 1.54. The van der Waals surface area contributed by atoms with E-state index < -0.39 is 17.5 Å². The van der Waals surface area contributed by atoms with Crippen molar-refractivity contribution in [2.75, 3.05) is 38.7 Å². The first kappa shape index (κ1) is 21.6. The minimum atomic E-state index is -0.795. The Morgan fingerprint density at radius 3 is 2.68 bits per heavy atom. The zero-order valence-electron chi connectivity index (χ0n) is 16.1. The van der Waals surface area contributed by atoms with Gasteiger partial charge in [-0.05, 0) is 24.8 Å². The number of ether oxygens (including phenoxy) is 2. The molecule has 0 heterocycles. The number of anilines is 1. The van der Waals surface area contributed by atoms with Gasteiger partial charge >= 0.3 is 5.97 Å². The smallest absolute Gasteiger partial charge is 0.341 e. The predicted octanol–water partition coefficient (Wildman–Crippen LogP) is 2.51. The number of carbonyl (C=O) groups is 2. The summed E-state index contributed by atoms with van der Waals surface area (Å²) < 4.78 is 10.0. The zero-order chi connectivity index (χ0) is 20.4. The summed E-state index contributed by atoms with van der Waals surface area (Å²) in [5.74, 6) is -0.698. The van der Waals surface area contributed by atoms with Crippen LogP contribution in [0, 0.1) is 16.0 Å². The second-order valence-corrected chi connectivity index (χ2v) is 6.79. The van der Waals surface area contributed by atoms with Crippen LogP contribution in [0.4, 0.5) is 11.4 Å². The number of nitrogens with one attached hydrogen (secondary N) is 2. The molecule has 0 bridgehead atoms. The van der Waals surface area contributed by atoms with Crippen LogP contribution in [-0.4, -0.2) is 50.2 Å². The maximum Gasteiger partial charge on any atom is 0.341 e. The summed E-state index contributed by atoms with van der Waals surface area (Å²) in [6.07, 6.45) is 5.81. The quantitative estimate of drug-likeness (QED) is 0.271. The van der Waals surface area contributed by atoms with Crippen LogP contribution in [0.5, 0.6) is 0 Å². The fourth-order valence-electron chi connectivity index (χ4n) is 3.17. The Balaban J connectivity index is 1.92. The largest absolute Gasteiger partial charge is 0.452 e. The summed E-state index contributed by atoms with van der Waals surface area (Å²) >= 11 is 0. The third kappa shape index (κ3) is 6.80. The maximum atomic E-state index is 12.4. The second kappa shape index (κ2) is 11.2. The highest BCUT2D eigenvalue weighted by Crippen LogP contribution is 2.24. The maximum absolute atomic E-state index is 12.4. The predicted molar refractivity (Wildman–Crippen MR) is 103 cm³/mol. The van der Waals surface area contributed by atoms with Crippen molar-refractivity contribution in [1.29, 1.82) is 0 Å². The van der Waals surface area contributed by atoms with Crippen molar-refractivity contribution in [3.8, 4) is 0 Å². The highest BCUT2D eigenvalue weighted by atomic mass is 16.6. The van der Waals surface area contributed by atoms with Crippen LogP contribution in [-0.2, 0) is 14.3 Å². The Morgan fingerprint density at radius 2 is 2.00 bits per heavy atom. The molecule has 1 aromatic rings. The Morgan fingerprint density at radius 1 is 1.25 bits per heavy atom. The molecular formula is C19H27N3O6. The number of nitrogens with zero attached hydrogens (tertiary/aromatic N) is 1. The Bertz CT molecular complexity index is 688. The molecule has 0 radical (unpaired) electrons. The van der Waals surface area contributed by atoms with Crippen molar-refractivity contribution in [2.24, 2.45) is 5.92 Å². The van der Waals surface area contributed by atoms with Crippen molar-refractivity contribution < 1.29 is 24.0 Å². The minimum Gasteiger partial charge on any atom is -0.452 e. The van der Waals surface area contributed by atoms with E-state index in [0.29, 0.717) is 31.3 Å². The third-order valence-corrected chi connectivity index (χ3v) is 4.70. The molecule has 1 amide bonds. The first-order chi connectivity index (χ1) is 13.5. The molecule has 2 N–H and O–H groups in total. The first-order valence-corrected chi connectivity index (χ1v) is 9.46. The standard InChI is InChI=1S/C19H27N3O6/c1-27-10-9-20-17-8-7-15(22(25)26)11-16(17)19(24)28-13-18(23)21-12-14-5-3-2-4-6-14/h7-8,11,14,20H,2-6,9-10,12-13H2,1H3,(H,21,23). The van der Waals surface area contributed by atoms with Crippen molar-refractivity contribution >= 4 is 23.3 Å². The zero-order valence-corrected chi connectivity index (χ0v) is 16.1. The molecule has 0 aromatic heterocycles. The number of nitro benzene ring substituents is 1. The van der Waals surface area contributed by atoms with Crippen LogP contribution < -0.4 is 10.6 Å². The second-order valence-electron chi connectivity index (χ2n) is 6.79. The van der Waals surface area contributed by atoms with Crippen LogP contribution in [0.25, 0.3) is 0 Å². The molecule has 2 rings (SSSR count). The van der Waals surface area contributed by atoms with Gasteiger partial charge in [0.15, 0.2) is 6.61 Å². The van der Waals surface area contributed by atoms with Crippen LogP contribution in [0.1, 0.15) is 42.5 Å². The number of carbonyl (C=O) groups excluding carboxylic acids is 2. The molecule has 0 atom stereocenters. The molecule has 0 spiro atoms. The number of benzene rings is 1. The summed E-state index contributed by atoms with van der Waals surface area (Å²) in [6, 6.07) is 3.87.